The van der Waals surface area contributed by atoms with Crippen molar-refractivity contribution in [3.8, 4) is 0 Å². The summed E-state index contributed by atoms with van der Waals surface area (Å²) >= 11 is 0. The van der Waals surface area contributed by atoms with Gasteiger partial charge in [0.05, 0.1) is 6.54 Å². The van der Waals surface area contributed by atoms with E-state index in [4.69, 9.17) is 5.73 Å². The van der Waals surface area contributed by atoms with Crippen LogP contribution in [0.25, 0.3) is 0 Å². The highest BCUT2D eigenvalue weighted by Crippen LogP contribution is 2.16. The lowest BCUT2D eigenvalue weighted by Gasteiger charge is -2.14. The van der Waals surface area contributed by atoms with Crippen molar-refractivity contribution in [1.82, 2.24) is 10.2 Å². The van der Waals surface area contributed by atoms with E-state index in [2.05, 4.69) is 5.32 Å². The van der Waals surface area contributed by atoms with Crippen LogP contribution in [0.2, 0.25) is 0 Å². The van der Waals surface area contributed by atoms with Crippen LogP contribution in [0.3, 0.4) is 0 Å². The molecule has 3 amide bonds. The second-order valence-corrected chi connectivity index (χ2v) is 5.59. The van der Waals surface area contributed by atoms with E-state index >= 15 is 0 Å². The number of hydrogen-bond acceptors (Lipinski definition) is 4. The fourth-order valence-corrected chi connectivity index (χ4v) is 2.26. The van der Waals surface area contributed by atoms with Crippen molar-refractivity contribution in [2.24, 2.45) is 5.73 Å². The third kappa shape index (κ3) is 5.33. The van der Waals surface area contributed by atoms with Crippen LogP contribution in [0.15, 0.2) is 24.3 Å². The van der Waals surface area contributed by atoms with Gasteiger partial charge in [-0.25, -0.2) is 0 Å². The van der Waals surface area contributed by atoms with Gasteiger partial charge in [-0.1, -0.05) is 12.1 Å². The fourth-order valence-electron chi connectivity index (χ4n) is 2.26. The molecule has 1 atom stereocenters. The highest BCUT2D eigenvalue weighted by molar-refractivity contribution is 6.01. The van der Waals surface area contributed by atoms with Gasteiger partial charge in [0.1, 0.15) is 0 Å². The van der Waals surface area contributed by atoms with E-state index in [-0.39, 0.29) is 42.7 Å². The predicted octanol–water partition coefficient (Wildman–Crippen LogP) is 1.22. The number of benzene rings is 1. The Balaban J connectivity index is 0.00000264. The Morgan fingerprint density at radius 1 is 1.22 bits per heavy atom. The van der Waals surface area contributed by atoms with Crippen molar-refractivity contribution in [3.63, 3.8) is 0 Å². The zero-order valence-electron chi connectivity index (χ0n) is 13.1. The second-order valence-electron chi connectivity index (χ2n) is 5.59. The molecular weight excluding hydrogens is 318 g/mol. The highest BCUT2D eigenvalue weighted by Gasteiger charge is 2.28. The van der Waals surface area contributed by atoms with Crippen LogP contribution in [-0.4, -0.2) is 35.2 Å². The minimum absolute atomic E-state index is 0. The molecular formula is C16H22ClN3O3. The highest BCUT2D eigenvalue weighted by atomic mass is 35.5. The van der Waals surface area contributed by atoms with Gasteiger partial charge in [-0.3, -0.25) is 19.3 Å². The Hall–Kier alpha value is -1.92. The molecule has 0 spiro atoms. The smallest absolute Gasteiger partial charge is 0.251 e. The van der Waals surface area contributed by atoms with Crippen molar-refractivity contribution in [2.75, 3.05) is 6.54 Å². The molecule has 2 rings (SSSR count). The molecule has 1 fully saturated rings. The number of carbonyl (C=O) groups excluding carboxylic acids is 3. The summed E-state index contributed by atoms with van der Waals surface area (Å²) in [4.78, 5) is 36.3. The third-order valence-corrected chi connectivity index (χ3v) is 3.60. The van der Waals surface area contributed by atoms with Gasteiger partial charge < -0.3 is 11.1 Å². The average molecular weight is 340 g/mol. The molecule has 1 aromatic rings. The number of halogens is 1. The number of carbonyl (C=O) groups is 3. The number of imide groups is 1. The molecule has 0 aliphatic carbocycles. The summed E-state index contributed by atoms with van der Waals surface area (Å²) in [5.41, 5.74) is 7.00. The van der Waals surface area contributed by atoms with Crippen LogP contribution in [-0.2, 0) is 16.1 Å². The molecule has 126 valence electrons. The average Bonchev–Trinajstić information content (AvgIpc) is 2.79. The van der Waals surface area contributed by atoms with E-state index in [9.17, 15) is 14.4 Å². The van der Waals surface area contributed by atoms with Crippen molar-refractivity contribution in [2.45, 2.75) is 38.8 Å². The summed E-state index contributed by atoms with van der Waals surface area (Å²) in [6, 6.07) is 6.97. The molecule has 1 heterocycles. The van der Waals surface area contributed by atoms with Gasteiger partial charge in [0.2, 0.25) is 11.8 Å². The van der Waals surface area contributed by atoms with Crippen molar-refractivity contribution < 1.29 is 14.4 Å². The standard InChI is InChI=1S/C16H21N3O3.ClH/c1-11(17)8-9-18-16(22)13-4-2-12(3-5-13)10-19-14(20)6-7-15(19)21;/h2-5,11H,6-10,17H2,1H3,(H,18,22);1H. The molecule has 1 aliphatic rings. The number of nitrogens with two attached hydrogens (primary N) is 1. The van der Waals surface area contributed by atoms with E-state index < -0.39 is 0 Å². The first-order valence-corrected chi connectivity index (χ1v) is 7.43. The molecule has 0 bridgehead atoms. The SMILES string of the molecule is CC(N)CCNC(=O)c1ccc(CN2C(=O)CCC2=O)cc1.Cl. The van der Waals surface area contributed by atoms with Gasteiger partial charge >= 0.3 is 0 Å². The number of nitrogens with one attached hydrogen (secondary N) is 1. The topological polar surface area (TPSA) is 92.5 Å². The number of likely N-dealkylation sites (tertiary alicyclic amines) is 1. The summed E-state index contributed by atoms with van der Waals surface area (Å²) in [5.74, 6) is -0.425. The largest absolute Gasteiger partial charge is 0.352 e. The maximum atomic E-state index is 11.9. The lowest BCUT2D eigenvalue weighted by molar-refractivity contribution is -0.139. The Morgan fingerprint density at radius 2 is 1.78 bits per heavy atom. The van der Waals surface area contributed by atoms with Gasteiger partial charge in [0.15, 0.2) is 0 Å². The number of amides is 3. The van der Waals surface area contributed by atoms with E-state index in [1.165, 1.54) is 4.90 Å². The van der Waals surface area contributed by atoms with E-state index in [1.54, 1.807) is 24.3 Å². The van der Waals surface area contributed by atoms with Gasteiger partial charge in [0, 0.05) is 31.0 Å². The molecule has 3 N–H and O–H groups in total. The zero-order chi connectivity index (χ0) is 16.1. The lowest BCUT2D eigenvalue weighted by Crippen LogP contribution is -2.29. The minimum atomic E-state index is -0.152. The van der Waals surface area contributed by atoms with E-state index in [1.807, 2.05) is 6.92 Å². The quantitative estimate of drug-likeness (QED) is 0.762. The van der Waals surface area contributed by atoms with Gasteiger partial charge in [-0.15, -0.1) is 12.4 Å². The maximum absolute atomic E-state index is 11.9. The molecule has 23 heavy (non-hydrogen) atoms. The molecule has 1 aromatic carbocycles. The maximum Gasteiger partial charge on any atom is 0.251 e. The minimum Gasteiger partial charge on any atom is -0.352 e. The first kappa shape index (κ1) is 19.1. The summed E-state index contributed by atoms with van der Waals surface area (Å²) < 4.78 is 0. The Kier molecular flexibility index (Phi) is 7.19. The second kappa shape index (κ2) is 8.64. The molecule has 1 saturated heterocycles. The van der Waals surface area contributed by atoms with Crippen molar-refractivity contribution in [1.29, 1.82) is 0 Å². The normalized spacial score (nSPS) is 15.3. The summed E-state index contributed by atoms with van der Waals surface area (Å²) in [7, 11) is 0. The number of hydrogen-bond donors (Lipinski definition) is 2. The molecule has 1 aliphatic heterocycles. The Bertz CT molecular complexity index is 556. The zero-order valence-corrected chi connectivity index (χ0v) is 13.9. The van der Waals surface area contributed by atoms with Crippen LogP contribution < -0.4 is 11.1 Å². The monoisotopic (exact) mass is 339 g/mol. The van der Waals surface area contributed by atoms with Gasteiger partial charge in [-0.2, -0.15) is 0 Å². The predicted molar refractivity (Wildman–Crippen MR) is 89.1 cm³/mol. The number of nitrogens with zero attached hydrogens (tertiary/aromatic N) is 1. The first-order chi connectivity index (χ1) is 10.5. The van der Waals surface area contributed by atoms with Crippen molar-refractivity contribution in [3.05, 3.63) is 35.4 Å². The third-order valence-electron chi connectivity index (χ3n) is 3.60. The fraction of sp³-hybridized carbons (Fsp3) is 0.438. The summed E-state index contributed by atoms with van der Waals surface area (Å²) in [6.07, 6.45) is 1.31. The molecule has 7 heteroatoms. The van der Waals surface area contributed by atoms with E-state index in [0.29, 0.717) is 24.9 Å². The summed E-state index contributed by atoms with van der Waals surface area (Å²) in [6.45, 7) is 2.70. The van der Waals surface area contributed by atoms with Crippen LogP contribution in [0.1, 0.15) is 42.1 Å². The van der Waals surface area contributed by atoms with Gasteiger partial charge in [0.25, 0.3) is 5.91 Å². The van der Waals surface area contributed by atoms with Gasteiger partial charge in [-0.05, 0) is 31.0 Å². The molecule has 0 radical (unpaired) electrons. The molecule has 0 saturated carbocycles. The number of rotatable bonds is 6. The van der Waals surface area contributed by atoms with Crippen LogP contribution in [0.4, 0.5) is 0 Å². The van der Waals surface area contributed by atoms with Crippen LogP contribution in [0, 0.1) is 0 Å². The molecule has 1 unspecified atom stereocenters. The lowest BCUT2D eigenvalue weighted by atomic mass is 10.1. The van der Waals surface area contributed by atoms with Crippen LogP contribution in [0.5, 0.6) is 0 Å². The summed E-state index contributed by atoms with van der Waals surface area (Å²) in [5, 5.41) is 2.80. The van der Waals surface area contributed by atoms with Crippen LogP contribution >= 0.6 is 12.4 Å². The molecule has 0 aromatic heterocycles. The van der Waals surface area contributed by atoms with Crippen molar-refractivity contribution >= 4 is 30.1 Å². The Labute approximate surface area is 141 Å². The van der Waals surface area contributed by atoms with E-state index in [0.717, 1.165) is 12.0 Å². The first-order valence-electron chi connectivity index (χ1n) is 7.43. The molecule has 6 nitrogen and oxygen atoms in total. The Morgan fingerprint density at radius 3 is 2.30 bits per heavy atom.